The Morgan fingerprint density at radius 3 is 2.60 bits per heavy atom. The molecule has 2 saturated heterocycles. The summed E-state index contributed by atoms with van der Waals surface area (Å²) < 4.78 is 0. The van der Waals surface area contributed by atoms with Gasteiger partial charge in [-0.1, -0.05) is 32.4 Å². The first-order chi connectivity index (χ1) is 14.1. The molecule has 0 radical (unpaired) electrons. The summed E-state index contributed by atoms with van der Waals surface area (Å²) in [4.78, 5) is 49.3. The second-order valence-corrected chi connectivity index (χ2v) is 7.09. The van der Waals surface area contributed by atoms with Crippen molar-refractivity contribution in [3.8, 4) is 0 Å². The van der Waals surface area contributed by atoms with Gasteiger partial charge < -0.3 is 15.5 Å². The van der Waals surface area contributed by atoms with Crippen LogP contribution in [0.5, 0.6) is 0 Å². The summed E-state index contributed by atoms with van der Waals surface area (Å²) in [5.74, 6) is -1.49. The molecule has 0 aliphatic carbocycles. The molecule has 0 aromatic carbocycles. The average Bonchev–Trinajstić information content (AvgIpc) is 2.94. The summed E-state index contributed by atoms with van der Waals surface area (Å²) in [6.45, 7) is 17.0. The number of carbonyl (C=O) groups excluding carboxylic acids is 4. The molecule has 4 amide bonds. The van der Waals surface area contributed by atoms with Crippen molar-refractivity contribution in [3.63, 3.8) is 0 Å². The van der Waals surface area contributed by atoms with Crippen LogP contribution in [0.2, 0.25) is 0 Å². The molecule has 1 atom stereocenters. The molecule has 2 aliphatic heterocycles. The minimum Gasteiger partial charge on any atom is -0.377 e. The molecule has 0 aromatic rings. The van der Waals surface area contributed by atoms with Crippen LogP contribution in [0.15, 0.2) is 72.7 Å². The SMILES string of the molecule is C=C/C(C)=C\C(=C)NC(=O)CNC(=C)/C=C1/CN(C2CCC(=O)NC2=O)C(=O)C1=C. The van der Waals surface area contributed by atoms with Crippen LogP contribution in [-0.2, 0) is 19.2 Å². The van der Waals surface area contributed by atoms with Crippen molar-refractivity contribution in [1.29, 1.82) is 0 Å². The van der Waals surface area contributed by atoms with Crippen LogP contribution >= 0.6 is 0 Å². The number of amides is 4. The number of piperidine rings is 1. The maximum absolute atomic E-state index is 12.5. The molecule has 30 heavy (non-hydrogen) atoms. The molecule has 2 rings (SSSR count). The molecule has 0 saturated carbocycles. The zero-order chi connectivity index (χ0) is 22.4. The number of hydrogen-bond donors (Lipinski definition) is 3. The van der Waals surface area contributed by atoms with E-state index in [1.54, 1.807) is 18.2 Å². The Labute approximate surface area is 175 Å². The number of hydrogen-bond acceptors (Lipinski definition) is 5. The third kappa shape index (κ3) is 5.66. The standard InChI is InChI=1S/C22H26N4O4/c1-6-13(2)9-15(4)24-20(28)11-23-14(3)10-17-12-26(22(30)16(17)5)18-7-8-19(27)25-21(18)29/h6,9-10,18,23H,1,3-5,7-8,11-12H2,2H3,(H,24,28)(H,25,27,29)/b13-9-,17-10-. The lowest BCUT2D eigenvalue weighted by Gasteiger charge is -2.28. The zero-order valence-electron chi connectivity index (χ0n) is 17.0. The fraction of sp³-hybridized carbons (Fsp3) is 0.273. The lowest BCUT2D eigenvalue weighted by molar-refractivity contribution is -0.142. The first-order valence-corrected chi connectivity index (χ1v) is 9.39. The van der Waals surface area contributed by atoms with Crippen LogP contribution in [0.25, 0.3) is 0 Å². The molecule has 158 valence electrons. The Morgan fingerprint density at radius 1 is 1.27 bits per heavy atom. The van der Waals surface area contributed by atoms with Crippen molar-refractivity contribution < 1.29 is 19.2 Å². The third-order valence-electron chi connectivity index (χ3n) is 4.68. The van der Waals surface area contributed by atoms with Gasteiger partial charge in [0.2, 0.25) is 17.7 Å². The number of nitrogens with zero attached hydrogens (tertiary/aromatic N) is 1. The van der Waals surface area contributed by atoms with Gasteiger partial charge in [-0.15, -0.1) is 0 Å². The summed E-state index contributed by atoms with van der Waals surface area (Å²) in [6, 6.07) is -0.706. The molecule has 8 heteroatoms. The van der Waals surface area contributed by atoms with Gasteiger partial charge in [0.25, 0.3) is 5.91 Å². The summed E-state index contributed by atoms with van der Waals surface area (Å²) in [5.41, 5.74) is 2.58. The van der Waals surface area contributed by atoms with E-state index in [1.165, 1.54) is 4.90 Å². The highest BCUT2D eigenvalue weighted by Crippen LogP contribution is 2.27. The van der Waals surface area contributed by atoms with Crippen LogP contribution < -0.4 is 16.0 Å². The first kappa shape index (κ1) is 22.6. The van der Waals surface area contributed by atoms with E-state index < -0.39 is 11.9 Å². The smallest absolute Gasteiger partial charge is 0.254 e. The van der Waals surface area contributed by atoms with Gasteiger partial charge in [0.05, 0.1) is 6.54 Å². The van der Waals surface area contributed by atoms with Crippen molar-refractivity contribution in [2.75, 3.05) is 13.1 Å². The molecular formula is C22H26N4O4. The van der Waals surface area contributed by atoms with Crippen molar-refractivity contribution in [1.82, 2.24) is 20.9 Å². The van der Waals surface area contributed by atoms with Crippen LogP contribution in [0.4, 0.5) is 0 Å². The van der Waals surface area contributed by atoms with Gasteiger partial charge in [-0.2, -0.15) is 0 Å². The lowest BCUT2D eigenvalue weighted by Crippen LogP contribution is -2.52. The molecule has 0 bridgehead atoms. The maximum Gasteiger partial charge on any atom is 0.254 e. The molecule has 2 fully saturated rings. The minimum atomic E-state index is -0.706. The number of imide groups is 1. The van der Waals surface area contributed by atoms with Gasteiger partial charge in [0.15, 0.2) is 0 Å². The lowest BCUT2D eigenvalue weighted by atomic mass is 10.0. The zero-order valence-corrected chi connectivity index (χ0v) is 17.0. The topological polar surface area (TPSA) is 108 Å². The highest BCUT2D eigenvalue weighted by atomic mass is 16.2. The van der Waals surface area contributed by atoms with Gasteiger partial charge in [0, 0.05) is 29.9 Å². The third-order valence-corrected chi connectivity index (χ3v) is 4.68. The van der Waals surface area contributed by atoms with Crippen molar-refractivity contribution in [3.05, 3.63) is 72.7 Å². The Kier molecular flexibility index (Phi) is 7.30. The van der Waals surface area contributed by atoms with Crippen LogP contribution in [0.1, 0.15) is 19.8 Å². The number of likely N-dealkylation sites (tertiary alicyclic amines) is 1. The van der Waals surface area contributed by atoms with Gasteiger partial charge in [0.1, 0.15) is 6.04 Å². The molecule has 0 spiro atoms. The van der Waals surface area contributed by atoms with E-state index >= 15 is 0 Å². The van der Waals surface area contributed by atoms with Gasteiger partial charge in [-0.05, 0) is 36.6 Å². The molecule has 1 unspecified atom stereocenters. The molecule has 8 nitrogen and oxygen atoms in total. The van der Waals surface area contributed by atoms with E-state index in [0.29, 0.717) is 17.0 Å². The van der Waals surface area contributed by atoms with Crippen molar-refractivity contribution >= 4 is 23.6 Å². The predicted molar refractivity (Wildman–Crippen MR) is 113 cm³/mol. The number of carbonyl (C=O) groups is 4. The quantitative estimate of drug-likeness (QED) is 0.314. The minimum absolute atomic E-state index is 0.0418. The van der Waals surface area contributed by atoms with E-state index in [1.807, 2.05) is 6.92 Å². The summed E-state index contributed by atoms with van der Waals surface area (Å²) in [6.07, 6.45) is 5.43. The predicted octanol–water partition coefficient (Wildman–Crippen LogP) is 0.982. The van der Waals surface area contributed by atoms with Crippen LogP contribution in [0, 0.1) is 0 Å². The fourth-order valence-corrected chi connectivity index (χ4v) is 3.07. The molecule has 2 heterocycles. The summed E-state index contributed by atoms with van der Waals surface area (Å²) >= 11 is 0. The highest BCUT2D eigenvalue weighted by Gasteiger charge is 2.39. The van der Waals surface area contributed by atoms with Crippen molar-refractivity contribution in [2.45, 2.75) is 25.8 Å². The molecule has 3 N–H and O–H groups in total. The van der Waals surface area contributed by atoms with E-state index in [4.69, 9.17) is 0 Å². The summed E-state index contributed by atoms with van der Waals surface area (Å²) in [5, 5.41) is 7.75. The monoisotopic (exact) mass is 410 g/mol. The largest absolute Gasteiger partial charge is 0.377 e. The van der Waals surface area contributed by atoms with Crippen LogP contribution in [0.3, 0.4) is 0 Å². The average molecular weight is 410 g/mol. The highest BCUT2D eigenvalue weighted by molar-refractivity contribution is 6.06. The fourth-order valence-electron chi connectivity index (χ4n) is 3.07. The normalized spacial score (nSPS) is 20.8. The van der Waals surface area contributed by atoms with Gasteiger partial charge >= 0.3 is 0 Å². The molecular weight excluding hydrogens is 384 g/mol. The maximum atomic E-state index is 12.5. The molecule has 0 aromatic heterocycles. The Balaban J connectivity index is 1.93. The van der Waals surface area contributed by atoms with Gasteiger partial charge in [-0.25, -0.2) is 0 Å². The van der Waals surface area contributed by atoms with Crippen LogP contribution in [-0.4, -0.2) is 47.7 Å². The van der Waals surface area contributed by atoms with Crippen molar-refractivity contribution in [2.24, 2.45) is 0 Å². The summed E-state index contributed by atoms with van der Waals surface area (Å²) in [7, 11) is 0. The second-order valence-electron chi connectivity index (χ2n) is 7.09. The number of rotatable bonds is 8. The first-order valence-electron chi connectivity index (χ1n) is 9.39. The van der Waals surface area contributed by atoms with E-state index in [-0.39, 0.29) is 49.2 Å². The van der Waals surface area contributed by atoms with E-state index in [9.17, 15) is 19.2 Å². The van der Waals surface area contributed by atoms with Gasteiger partial charge in [-0.3, -0.25) is 24.5 Å². The second kappa shape index (κ2) is 9.69. The Hall–Kier alpha value is -3.68. The van der Waals surface area contributed by atoms with E-state index in [0.717, 1.165) is 5.57 Å². The Morgan fingerprint density at radius 2 is 1.97 bits per heavy atom. The number of allylic oxidation sites excluding steroid dienone is 4. The van der Waals surface area contributed by atoms with E-state index in [2.05, 4.69) is 42.3 Å². The Bertz CT molecular complexity index is 910. The number of nitrogens with one attached hydrogen (secondary N) is 3. The molecule has 2 aliphatic rings.